The molecule has 0 atom stereocenters. The van der Waals surface area contributed by atoms with Gasteiger partial charge in [-0.1, -0.05) is 15.9 Å². The zero-order valence-electron chi connectivity index (χ0n) is 9.45. The molecule has 0 aliphatic rings. The van der Waals surface area contributed by atoms with Crippen LogP contribution in [-0.4, -0.2) is 20.2 Å². The van der Waals surface area contributed by atoms with Crippen molar-refractivity contribution in [3.05, 3.63) is 29.5 Å². The molecule has 0 saturated carbocycles. The van der Waals surface area contributed by atoms with Gasteiger partial charge >= 0.3 is 5.97 Å². The smallest absolute Gasteiger partial charge is 0.338 e. The Bertz CT molecular complexity index is 559. The Hall–Kier alpha value is -1.49. The normalized spacial score (nSPS) is 10.5. The number of esters is 1. The van der Waals surface area contributed by atoms with Gasteiger partial charge in [-0.05, 0) is 18.2 Å². The van der Waals surface area contributed by atoms with Crippen LogP contribution < -0.4 is 4.74 Å². The monoisotopic (exact) mass is 298 g/mol. The second-order valence-electron chi connectivity index (χ2n) is 3.40. The number of rotatable bonds is 3. The number of halogens is 1. The van der Waals surface area contributed by atoms with Gasteiger partial charge in [0.25, 0.3) is 0 Å². The van der Waals surface area contributed by atoms with Crippen molar-refractivity contribution in [1.29, 1.82) is 0 Å². The summed E-state index contributed by atoms with van der Waals surface area (Å²) in [6, 6.07) is 5.16. The van der Waals surface area contributed by atoms with Crippen LogP contribution in [0.1, 0.15) is 16.1 Å². The van der Waals surface area contributed by atoms with Crippen molar-refractivity contribution in [2.45, 2.75) is 5.33 Å². The van der Waals surface area contributed by atoms with Gasteiger partial charge in [0, 0.05) is 5.39 Å². The number of hydrogen-bond donors (Lipinski definition) is 0. The summed E-state index contributed by atoms with van der Waals surface area (Å²) in [6.07, 6.45) is 0. The first-order valence-corrected chi connectivity index (χ1v) is 6.07. The number of fused-ring (bicyclic) bond motifs is 1. The summed E-state index contributed by atoms with van der Waals surface area (Å²) in [5.74, 6) is 0.939. The quantitative estimate of drug-likeness (QED) is 0.645. The van der Waals surface area contributed by atoms with E-state index < -0.39 is 0 Å². The fourth-order valence-electron chi connectivity index (χ4n) is 1.66. The highest BCUT2D eigenvalue weighted by Gasteiger charge is 2.17. The number of hydrogen-bond acceptors (Lipinski definition) is 4. The summed E-state index contributed by atoms with van der Waals surface area (Å²) >= 11 is 3.31. The fourth-order valence-corrected chi connectivity index (χ4v) is 1.94. The van der Waals surface area contributed by atoms with Crippen LogP contribution in [0.15, 0.2) is 22.6 Å². The van der Waals surface area contributed by atoms with Crippen LogP contribution in [0.25, 0.3) is 11.0 Å². The molecule has 0 bridgehead atoms. The lowest BCUT2D eigenvalue weighted by molar-refractivity contribution is 0.0603. The largest absolute Gasteiger partial charge is 0.493 e. The lowest BCUT2D eigenvalue weighted by Crippen LogP contribution is -2.01. The average Bonchev–Trinajstić information content (AvgIpc) is 2.80. The lowest BCUT2D eigenvalue weighted by atomic mass is 10.1. The second kappa shape index (κ2) is 4.79. The van der Waals surface area contributed by atoms with Crippen molar-refractivity contribution >= 4 is 32.9 Å². The van der Waals surface area contributed by atoms with E-state index in [4.69, 9.17) is 13.9 Å². The van der Waals surface area contributed by atoms with Crippen molar-refractivity contribution in [2.24, 2.45) is 0 Å². The Morgan fingerprint density at radius 2 is 2.18 bits per heavy atom. The van der Waals surface area contributed by atoms with Gasteiger partial charge in [0.15, 0.2) is 11.3 Å². The summed E-state index contributed by atoms with van der Waals surface area (Å²) in [5.41, 5.74) is 1.03. The van der Waals surface area contributed by atoms with Crippen LogP contribution in [0.3, 0.4) is 0 Å². The van der Waals surface area contributed by atoms with Gasteiger partial charge in [0.2, 0.25) is 0 Å². The first-order valence-electron chi connectivity index (χ1n) is 4.95. The predicted molar refractivity (Wildman–Crippen MR) is 66.7 cm³/mol. The Morgan fingerprint density at radius 1 is 1.41 bits per heavy atom. The highest BCUT2D eigenvalue weighted by atomic mass is 79.9. The minimum Gasteiger partial charge on any atom is -0.493 e. The van der Waals surface area contributed by atoms with E-state index in [-0.39, 0.29) is 5.97 Å². The minimum absolute atomic E-state index is 0.389. The molecule has 0 saturated heterocycles. The maximum Gasteiger partial charge on any atom is 0.338 e. The molecule has 90 valence electrons. The molecule has 5 heteroatoms. The molecule has 0 radical (unpaired) electrons. The van der Waals surface area contributed by atoms with Crippen LogP contribution in [0.5, 0.6) is 5.75 Å². The summed E-state index contributed by atoms with van der Waals surface area (Å²) in [4.78, 5) is 11.6. The zero-order chi connectivity index (χ0) is 12.4. The van der Waals surface area contributed by atoms with Gasteiger partial charge < -0.3 is 13.9 Å². The molecule has 0 fully saturated rings. The second-order valence-corrected chi connectivity index (χ2v) is 3.96. The van der Waals surface area contributed by atoms with Gasteiger partial charge in [-0.15, -0.1) is 0 Å². The van der Waals surface area contributed by atoms with E-state index in [1.165, 1.54) is 7.11 Å². The van der Waals surface area contributed by atoms with Crippen molar-refractivity contribution in [2.75, 3.05) is 14.2 Å². The summed E-state index contributed by atoms with van der Waals surface area (Å²) < 4.78 is 15.5. The van der Waals surface area contributed by atoms with Gasteiger partial charge in [0.1, 0.15) is 5.76 Å². The van der Waals surface area contributed by atoms with Crippen molar-refractivity contribution in [1.82, 2.24) is 0 Å². The van der Waals surface area contributed by atoms with E-state index >= 15 is 0 Å². The Kier molecular flexibility index (Phi) is 3.38. The number of furan rings is 1. The van der Waals surface area contributed by atoms with E-state index in [0.29, 0.717) is 27.6 Å². The maximum atomic E-state index is 11.6. The standard InChI is InChI=1S/C12H11BrO4/c1-15-10-4-3-8(12(14)16-2)9-5-7(6-13)17-11(9)10/h3-5H,6H2,1-2H3. The van der Waals surface area contributed by atoms with Crippen LogP contribution >= 0.6 is 15.9 Å². The maximum absolute atomic E-state index is 11.6. The Labute approximate surface area is 107 Å². The van der Waals surface area contributed by atoms with Crippen molar-refractivity contribution in [3.63, 3.8) is 0 Å². The summed E-state index contributed by atoms with van der Waals surface area (Å²) in [7, 11) is 2.91. The third kappa shape index (κ3) is 2.02. The molecule has 2 rings (SSSR count). The van der Waals surface area contributed by atoms with E-state index in [0.717, 1.165) is 5.76 Å². The molecule has 1 heterocycles. The van der Waals surface area contributed by atoms with E-state index in [1.807, 2.05) is 0 Å². The first-order chi connectivity index (χ1) is 8.21. The van der Waals surface area contributed by atoms with Crippen LogP contribution in [-0.2, 0) is 10.1 Å². The molecular weight excluding hydrogens is 288 g/mol. The number of benzene rings is 1. The number of carbonyl (C=O) groups excluding carboxylic acids is 1. The molecule has 1 aromatic carbocycles. The molecule has 2 aromatic rings. The lowest BCUT2D eigenvalue weighted by Gasteiger charge is -2.04. The highest BCUT2D eigenvalue weighted by molar-refractivity contribution is 9.08. The van der Waals surface area contributed by atoms with Gasteiger partial charge in [-0.25, -0.2) is 4.79 Å². The summed E-state index contributed by atoms with van der Waals surface area (Å²) in [5, 5.41) is 1.27. The molecular formula is C12H11BrO4. The third-order valence-corrected chi connectivity index (χ3v) is 3.01. The predicted octanol–water partition coefficient (Wildman–Crippen LogP) is 3.12. The van der Waals surface area contributed by atoms with Gasteiger partial charge in [0.05, 0.1) is 25.1 Å². The summed E-state index contributed by atoms with van der Waals surface area (Å²) in [6.45, 7) is 0. The van der Waals surface area contributed by atoms with Crippen LogP contribution in [0.4, 0.5) is 0 Å². The minimum atomic E-state index is -0.389. The molecule has 1 aromatic heterocycles. The number of alkyl halides is 1. The van der Waals surface area contributed by atoms with Crippen LogP contribution in [0, 0.1) is 0 Å². The SMILES string of the molecule is COC(=O)c1ccc(OC)c2oc(CBr)cc12. The molecule has 4 nitrogen and oxygen atoms in total. The highest BCUT2D eigenvalue weighted by Crippen LogP contribution is 2.32. The first kappa shape index (κ1) is 12.0. The fraction of sp³-hybridized carbons (Fsp3) is 0.250. The number of ether oxygens (including phenoxy) is 2. The van der Waals surface area contributed by atoms with E-state index in [1.54, 1.807) is 25.3 Å². The molecule has 0 spiro atoms. The van der Waals surface area contributed by atoms with Crippen LogP contribution in [0.2, 0.25) is 0 Å². The zero-order valence-corrected chi connectivity index (χ0v) is 11.0. The number of methoxy groups -OCH3 is 2. The Morgan fingerprint density at radius 3 is 2.76 bits per heavy atom. The number of carbonyl (C=O) groups is 1. The van der Waals surface area contributed by atoms with E-state index in [9.17, 15) is 4.79 Å². The topological polar surface area (TPSA) is 48.7 Å². The molecule has 0 aliphatic carbocycles. The molecule has 0 N–H and O–H groups in total. The molecule has 0 unspecified atom stereocenters. The molecule has 17 heavy (non-hydrogen) atoms. The van der Waals surface area contributed by atoms with Gasteiger partial charge in [-0.2, -0.15) is 0 Å². The Balaban J connectivity index is 2.71. The van der Waals surface area contributed by atoms with Crippen molar-refractivity contribution < 1.29 is 18.7 Å². The van der Waals surface area contributed by atoms with Gasteiger partial charge in [-0.3, -0.25) is 0 Å². The average molecular weight is 299 g/mol. The molecule has 0 amide bonds. The third-order valence-electron chi connectivity index (χ3n) is 2.46. The molecule has 0 aliphatic heterocycles. The van der Waals surface area contributed by atoms with E-state index in [2.05, 4.69) is 15.9 Å². The van der Waals surface area contributed by atoms with Crippen molar-refractivity contribution in [3.8, 4) is 5.75 Å².